The van der Waals surface area contributed by atoms with E-state index in [9.17, 15) is 0 Å². The Bertz CT molecular complexity index is 393. The summed E-state index contributed by atoms with van der Waals surface area (Å²) in [5.41, 5.74) is 8.31. The Labute approximate surface area is 109 Å². The number of nitrogens with zero attached hydrogens (tertiary/aromatic N) is 2. The van der Waals surface area contributed by atoms with Crippen LogP contribution >= 0.6 is 0 Å². The lowest BCUT2D eigenvalue weighted by molar-refractivity contribution is 0.672. The number of rotatable bonds is 6. The monoisotopic (exact) mass is 245 g/mol. The lowest BCUT2D eigenvalue weighted by atomic mass is 10.1. The molecule has 2 aliphatic rings. The Hall–Kier alpha value is -1.09. The average molecular weight is 245 g/mol. The van der Waals surface area contributed by atoms with Crippen molar-refractivity contribution in [3.05, 3.63) is 24.0 Å². The third-order valence-corrected chi connectivity index (χ3v) is 4.06. The Morgan fingerprint density at radius 1 is 1.33 bits per heavy atom. The molecule has 1 aromatic rings. The average Bonchev–Trinajstić information content (AvgIpc) is 3.28. The molecule has 0 aliphatic heterocycles. The van der Waals surface area contributed by atoms with Crippen LogP contribution in [0.2, 0.25) is 0 Å². The molecule has 1 atom stereocenters. The van der Waals surface area contributed by atoms with Crippen molar-refractivity contribution >= 4 is 5.69 Å². The van der Waals surface area contributed by atoms with Crippen molar-refractivity contribution in [2.75, 3.05) is 11.4 Å². The summed E-state index contributed by atoms with van der Waals surface area (Å²) in [6.07, 6.45) is 8.49. The summed E-state index contributed by atoms with van der Waals surface area (Å²) in [5, 5.41) is 0. The van der Waals surface area contributed by atoms with Gasteiger partial charge in [-0.25, -0.2) is 0 Å². The van der Waals surface area contributed by atoms with Gasteiger partial charge in [0.2, 0.25) is 0 Å². The lowest BCUT2D eigenvalue weighted by Gasteiger charge is -2.24. The van der Waals surface area contributed by atoms with E-state index in [-0.39, 0.29) is 6.04 Å². The molecule has 0 amide bonds. The molecule has 2 N–H and O–H groups in total. The van der Waals surface area contributed by atoms with E-state index in [1.807, 2.05) is 6.20 Å². The summed E-state index contributed by atoms with van der Waals surface area (Å²) in [6, 6.07) is 5.17. The summed E-state index contributed by atoms with van der Waals surface area (Å²) >= 11 is 0. The Morgan fingerprint density at radius 3 is 2.61 bits per heavy atom. The van der Waals surface area contributed by atoms with E-state index in [0.717, 1.165) is 24.1 Å². The molecular formula is C15H23N3. The maximum absolute atomic E-state index is 6.01. The maximum Gasteiger partial charge on any atom is 0.0572 e. The zero-order valence-electron chi connectivity index (χ0n) is 11.2. The predicted molar refractivity (Wildman–Crippen MR) is 74.5 cm³/mol. The van der Waals surface area contributed by atoms with E-state index in [1.165, 1.54) is 37.9 Å². The number of pyridine rings is 1. The third kappa shape index (κ3) is 2.66. The number of hydrogen-bond acceptors (Lipinski definition) is 3. The second-order valence-electron chi connectivity index (χ2n) is 5.78. The molecule has 0 bridgehead atoms. The quantitative estimate of drug-likeness (QED) is 0.838. The van der Waals surface area contributed by atoms with Crippen LogP contribution in [0, 0.1) is 5.92 Å². The fourth-order valence-corrected chi connectivity index (χ4v) is 2.43. The molecule has 0 aromatic carbocycles. The van der Waals surface area contributed by atoms with Gasteiger partial charge in [0.15, 0.2) is 0 Å². The fourth-order valence-electron chi connectivity index (χ4n) is 2.43. The Balaban J connectivity index is 1.72. The van der Waals surface area contributed by atoms with Gasteiger partial charge in [-0.1, -0.05) is 6.92 Å². The van der Waals surface area contributed by atoms with E-state index in [1.54, 1.807) is 0 Å². The van der Waals surface area contributed by atoms with E-state index < -0.39 is 0 Å². The van der Waals surface area contributed by atoms with Gasteiger partial charge >= 0.3 is 0 Å². The highest BCUT2D eigenvalue weighted by Crippen LogP contribution is 2.37. The molecule has 3 heteroatoms. The van der Waals surface area contributed by atoms with E-state index >= 15 is 0 Å². The number of nitrogens with two attached hydrogens (primary N) is 1. The summed E-state index contributed by atoms with van der Waals surface area (Å²) in [5.74, 6) is 0.933. The first-order valence-corrected chi connectivity index (χ1v) is 7.26. The zero-order chi connectivity index (χ0) is 12.5. The molecule has 98 valence electrons. The van der Waals surface area contributed by atoms with Crippen molar-refractivity contribution < 1.29 is 0 Å². The number of hydrogen-bond donors (Lipinski definition) is 1. The van der Waals surface area contributed by atoms with Crippen molar-refractivity contribution in [1.82, 2.24) is 4.98 Å². The molecule has 1 heterocycles. The van der Waals surface area contributed by atoms with Crippen molar-refractivity contribution in [3.8, 4) is 0 Å². The molecule has 0 radical (unpaired) electrons. The van der Waals surface area contributed by atoms with Gasteiger partial charge in [-0.15, -0.1) is 0 Å². The van der Waals surface area contributed by atoms with Gasteiger partial charge in [-0.05, 0) is 50.2 Å². The van der Waals surface area contributed by atoms with Gasteiger partial charge in [0.25, 0.3) is 0 Å². The highest BCUT2D eigenvalue weighted by Gasteiger charge is 2.33. The first-order chi connectivity index (χ1) is 8.78. The summed E-state index contributed by atoms with van der Waals surface area (Å²) in [7, 11) is 0. The molecule has 0 spiro atoms. The molecule has 2 fully saturated rings. The van der Waals surface area contributed by atoms with Crippen molar-refractivity contribution in [1.29, 1.82) is 0 Å². The molecule has 0 unspecified atom stereocenters. The minimum absolute atomic E-state index is 0.0804. The van der Waals surface area contributed by atoms with Gasteiger partial charge in [0, 0.05) is 18.6 Å². The van der Waals surface area contributed by atoms with Crippen LogP contribution in [-0.4, -0.2) is 17.6 Å². The van der Waals surface area contributed by atoms with Crippen LogP contribution in [0.5, 0.6) is 0 Å². The SMILES string of the molecule is CC[C@@H](N)c1ccc(N(CC2CC2)C2CC2)cn1. The van der Waals surface area contributed by atoms with Crippen LogP contribution in [-0.2, 0) is 0 Å². The van der Waals surface area contributed by atoms with E-state index in [2.05, 4.69) is 28.9 Å². The minimum Gasteiger partial charge on any atom is -0.367 e. The highest BCUT2D eigenvalue weighted by atomic mass is 15.2. The predicted octanol–water partition coefficient (Wildman–Crippen LogP) is 2.87. The Morgan fingerprint density at radius 2 is 2.11 bits per heavy atom. The van der Waals surface area contributed by atoms with Crippen LogP contribution in [0.4, 0.5) is 5.69 Å². The maximum atomic E-state index is 6.01. The summed E-state index contributed by atoms with van der Waals surface area (Å²) < 4.78 is 0. The largest absolute Gasteiger partial charge is 0.367 e. The first kappa shape index (κ1) is 12.0. The van der Waals surface area contributed by atoms with Gasteiger partial charge < -0.3 is 10.6 Å². The van der Waals surface area contributed by atoms with Gasteiger partial charge in [-0.3, -0.25) is 4.98 Å². The first-order valence-electron chi connectivity index (χ1n) is 7.26. The minimum atomic E-state index is 0.0804. The third-order valence-electron chi connectivity index (χ3n) is 4.06. The van der Waals surface area contributed by atoms with Crippen molar-refractivity contribution in [2.24, 2.45) is 11.7 Å². The molecule has 2 saturated carbocycles. The smallest absolute Gasteiger partial charge is 0.0572 e. The highest BCUT2D eigenvalue weighted by molar-refractivity contribution is 5.47. The number of aromatic nitrogens is 1. The molecule has 2 aliphatic carbocycles. The number of anilines is 1. The van der Waals surface area contributed by atoms with Gasteiger partial charge in [0.1, 0.15) is 0 Å². The van der Waals surface area contributed by atoms with Gasteiger partial charge in [0.05, 0.1) is 17.6 Å². The second-order valence-corrected chi connectivity index (χ2v) is 5.78. The Kier molecular flexibility index (Phi) is 3.25. The molecule has 1 aromatic heterocycles. The lowest BCUT2D eigenvalue weighted by Crippen LogP contribution is -2.28. The van der Waals surface area contributed by atoms with Crippen molar-refractivity contribution in [3.63, 3.8) is 0 Å². The summed E-state index contributed by atoms with van der Waals surface area (Å²) in [6.45, 7) is 3.33. The van der Waals surface area contributed by atoms with Gasteiger partial charge in [-0.2, -0.15) is 0 Å². The van der Waals surface area contributed by atoms with Crippen LogP contribution in [0.3, 0.4) is 0 Å². The topological polar surface area (TPSA) is 42.1 Å². The summed E-state index contributed by atoms with van der Waals surface area (Å²) in [4.78, 5) is 7.10. The van der Waals surface area contributed by atoms with Crippen LogP contribution in [0.25, 0.3) is 0 Å². The normalized spacial score (nSPS) is 20.8. The molecule has 3 nitrogen and oxygen atoms in total. The standard InChI is InChI=1S/C15H23N3/c1-2-14(16)15-8-7-13(9-17-15)18(12-5-6-12)10-11-3-4-11/h7-9,11-12,14H,2-6,10,16H2,1H3/t14-/m1/s1. The zero-order valence-corrected chi connectivity index (χ0v) is 11.2. The molecule has 18 heavy (non-hydrogen) atoms. The molecular weight excluding hydrogens is 222 g/mol. The van der Waals surface area contributed by atoms with E-state index in [4.69, 9.17) is 5.73 Å². The van der Waals surface area contributed by atoms with E-state index in [0.29, 0.717) is 0 Å². The molecule has 0 saturated heterocycles. The van der Waals surface area contributed by atoms with Crippen LogP contribution in [0.1, 0.15) is 50.8 Å². The van der Waals surface area contributed by atoms with Crippen molar-refractivity contribution in [2.45, 2.75) is 51.1 Å². The molecule has 3 rings (SSSR count). The second kappa shape index (κ2) is 4.88. The fraction of sp³-hybridized carbons (Fsp3) is 0.667. The van der Waals surface area contributed by atoms with Crippen LogP contribution < -0.4 is 10.6 Å². The van der Waals surface area contributed by atoms with Crippen LogP contribution in [0.15, 0.2) is 18.3 Å².